The van der Waals surface area contributed by atoms with Crippen LogP contribution in [0.1, 0.15) is 78.5 Å². The van der Waals surface area contributed by atoms with Crippen molar-refractivity contribution in [3.8, 4) is 62.5 Å². The van der Waals surface area contributed by atoms with Gasteiger partial charge in [0.15, 0.2) is 0 Å². The van der Waals surface area contributed by atoms with Crippen LogP contribution in [-0.2, 0) is 21.1 Å². The first-order chi connectivity index (χ1) is 25.9. The number of aryl methyl sites for hydroxylation is 3. The Bertz CT molecular complexity index is 2410. The molecule has 0 spiro atoms. The standard InChI is InChI=1S/C48H46N4O2.Pt/c1-29(2)43-24-38(36-14-11-10-12-15-36)25-44(30(3)4)46(43)37-18-19-49-45(26-37)54-41-17-13-16-40(27-41)53-42-21-31(5)20-39(23-42)48-50-28-52(51-48)47-34(8)32(6)22-33(7)35(47)9;/h10-22,24-26,28-30H,1-9H3;/q-2;+2. The number of aromatic nitrogens is 4. The molecule has 0 bridgehead atoms. The summed E-state index contributed by atoms with van der Waals surface area (Å²) in [4.78, 5) is 9.25. The molecule has 0 N–H and O–H groups in total. The Kier molecular flexibility index (Phi) is 11.9. The Balaban J connectivity index is 0.00000514. The smallest absolute Gasteiger partial charge is 0.503 e. The molecule has 0 aliphatic rings. The molecular formula is C48H46N4O2Pt. The molecule has 6 nitrogen and oxygen atoms in total. The van der Waals surface area contributed by atoms with Crippen molar-refractivity contribution in [2.75, 3.05) is 0 Å². The largest absolute Gasteiger partial charge is 2.00 e. The Labute approximate surface area is 339 Å². The molecule has 7 aromatic rings. The maximum absolute atomic E-state index is 6.33. The normalized spacial score (nSPS) is 11.2. The van der Waals surface area contributed by atoms with Crippen LogP contribution in [0.5, 0.6) is 23.1 Å². The number of rotatable bonds is 10. The molecule has 0 atom stereocenters. The van der Waals surface area contributed by atoms with E-state index in [9.17, 15) is 0 Å². The fourth-order valence-corrected chi connectivity index (χ4v) is 7.02. The minimum Gasteiger partial charge on any atom is -0.503 e. The van der Waals surface area contributed by atoms with Crippen molar-refractivity contribution in [1.82, 2.24) is 19.7 Å². The summed E-state index contributed by atoms with van der Waals surface area (Å²) >= 11 is 0. The van der Waals surface area contributed by atoms with Crippen LogP contribution in [0.2, 0.25) is 0 Å². The van der Waals surface area contributed by atoms with Gasteiger partial charge in [0.2, 0.25) is 5.88 Å². The van der Waals surface area contributed by atoms with Gasteiger partial charge in [-0.25, -0.2) is 9.67 Å². The zero-order valence-corrected chi connectivity index (χ0v) is 35.2. The van der Waals surface area contributed by atoms with Crippen LogP contribution in [-0.4, -0.2) is 19.7 Å². The maximum atomic E-state index is 6.33. The first-order valence-corrected chi connectivity index (χ1v) is 18.6. The molecule has 0 aliphatic heterocycles. The molecule has 2 heterocycles. The second-order valence-corrected chi connectivity index (χ2v) is 14.7. The molecule has 0 radical (unpaired) electrons. The average molecular weight is 906 g/mol. The topological polar surface area (TPSA) is 62.1 Å². The monoisotopic (exact) mass is 905 g/mol. The van der Waals surface area contributed by atoms with Crippen molar-refractivity contribution in [2.45, 2.75) is 74.1 Å². The van der Waals surface area contributed by atoms with Crippen LogP contribution >= 0.6 is 0 Å². The molecule has 5 aromatic carbocycles. The Morgan fingerprint density at radius 1 is 0.600 bits per heavy atom. The van der Waals surface area contributed by atoms with Crippen LogP contribution < -0.4 is 9.47 Å². The van der Waals surface area contributed by atoms with Gasteiger partial charge in [0.25, 0.3) is 0 Å². The molecule has 0 aliphatic carbocycles. The van der Waals surface area contributed by atoms with Crippen LogP contribution in [0.25, 0.3) is 39.3 Å². The third kappa shape index (κ3) is 8.50. The minimum absolute atomic E-state index is 0. The van der Waals surface area contributed by atoms with E-state index in [0.717, 1.165) is 22.4 Å². The fourth-order valence-electron chi connectivity index (χ4n) is 7.02. The molecule has 0 saturated carbocycles. The van der Waals surface area contributed by atoms with Crippen molar-refractivity contribution < 1.29 is 30.5 Å². The third-order valence-corrected chi connectivity index (χ3v) is 10.0. The summed E-state index contributed by atoms with van der Waals surface area (Å²) in [5.74, 6) is 3.22. The van der Waals surface area contributed by atoms with Crippen LogP contribution in [0, 0.1) is 46.8 Å². The van der Waals surface area contributed by atoms with Crippen molar-refractivity contribution >= 4 is 0 Å². The zero-order chi connectivity index (χ0) is 38.1. The number of ether oxygens (including phenoxy) is 2. The molecule has 280 valence electrons. The molecule has 0 saturated heterocycles. The van der Waals surface area contributed by atoms with E-state index in [1.54, 1.807) is 6.33 Å². The molecule has 0 amide bonds. The van der Waals surface area contributed by atoms with Crippen molar-refractivity contribution in [3.63, 3.8) is 0 Å². The van der Waals surface area contributed by atoms with E-state index < -0.39 is 0 Å². The van der Waals surface area contributed by atoms with Gasteiger partial charge < -0.3 is 9.47 Å². The Morgan fingerprint density at radius 2 is 1.25 bits per heavy atom. The van der Waals surface area contributed by atoms with Crippen molar-refractivity contribution in [1.29, 1.82) is 0 Å². The van der Waals surface area contributed by atoms with Gasteiger partial charge in [-0.2, -0.15) is 11.2 Å². The zero-order valence-electron chi connectivity index (χ0n) is 32.9. The summed E-state index contributed by atoms with van der Waals surface area (Å²) in [6.07, 6.45) is 3.58. The summed E-state index contributed by atoms with van der Waals surface area (Å²) in [5.41, 5.74) is 15.0. The predicted molar refractivity (Wildman–Crippen MR) is 218 cm³/mol. The van der Waals surface area contributed by atoms with Gasteiger partial charge in [0, 0.05) is 29.5 Å². The SMILES string of the molecule is Cc1cc(Oc2[c-]c(Oc3cc(-c4c(C(C)C)cc(-c5ccccc5)cc4C(C)C)ccn3)ccc2)[c-]c(-c2ncn(-c3c(C)c(C)cc(C)c3C)n2)c1.[Pt+2]. The number of benzene rings is 5. The van der Waals surface area contributed by atoms with E-state index in [2.05, 4.69) is 132 Å². The van der Waals surface area contributed by atoms with Gasteiger partial charge in [0.05, 0.1) is 11.5 Å². The first-order valence-electron chi connectivity index (χ1n) is 18.6. The molecule has 7 heteroatoms. The minimum atomic E-state index is 0. The number of hydrogen-bond acceptors (Lipinski definition) is 5. The molecule has 0 unspecified atom stereocenters. The molecule has 2 aromatic heterocycles. The molecule has 0 fully saturated rings. The summed E-state index contributed by atoms with van der Waals surface area (Å²) in [6, 6.07) is 37.7. The number of nitrogens with zero attached hydrogens (tertiary/aromatic N) is 4. The van der Waals surface area contributed by atoms with Gasteiger partial charge in [0.1, 0.15) is 6.33 Å². The van der Waals surface area contributed by atoms with E-state index in [4.69, 9.17) is 14.6 Å². The quantitative estimate of drug-likeness (QED) is 0.128. The fraction of sp³-hybridized carbons (Fsp3) is 0.229. The second kappa shape index (κ2) is 16.6. The van der Waals surface area contributed by atoms with Crippen molar-refractivity contribution in [2.24, 2.45) is 0 Å². The van der Waals surface area contributed by atoms with Crippen LogP contribution in [0.3, 0.4) is 0 Å². The molecule has 55 heavy (non-hydrogen) atoms. The first kappa shape index (κ1) is 39.4. The van der Waals surface area contributed by atoms with Crippen LogP contribution in [0.4, 0.5) is 0 Å². The summed E-state index contributed by atoms with van der Waals surface area (Å²) in [7, 11) is 0. The van der Waals surface area contributed by atoms with Crippen LogP contribution in [0.15, 0.2) is 104 Å². The van der Waals surface area contributed by atoms with E-state index >= 15 is 0 Å². The van der Waals surface area contributed by atoms with Crippen molar-refractivity contribution in [3.05, 3.63) is 155 Å². The number of hydrogen-bond donors (Lipinski definition) is 0. The van der Waals surface area contributed by atoms with Gasteiger partial charge in [-0.15, -0.1) is 29.3 Å². The average Bonchev–Trinajstić information content (AvgIpc) is 3.64. The van der Waals surface area contributed by atoms with Gasteiger partial charge in [-0.3, -0.25) is 4.98 Å². The molecule has 7 rings (SSSR count). The predicted octanol–water partition coefficient (Wildman–Crippen LogP) is 12.6. The number of pyridine rings is 1. The Morgan fingerprint density at radius 3 is 1.91 bits per heavy atom. The Hall–Kier alpha value is -5.32. The van der Waals surface area contributed by atoms with E-state index in [-0.39, 0.29) is 21.1 Å². The summed E-state index contributed by atoms with van der Waals surface area (Å²) in [6.45, 7) is 19.5. The third-order valence-electron chi connectivity index (χ3n) is 10.0. The summed E-state index contributed by atoms with van der Waals surface area (Å²) < 4.78 is 14.5. The van der Waals surface area contributed by atoms with Gasteiger partial charge >= 0.3 is 21.1 Å². The van der Waals surface area contributed by atoms with Gasteiger partial charge in [-0.1, -0.05) is 101 Å². The van der Waals surface area contributed by atoms with E-state index in [1.807, 2.05) is 54.2 Å². The summed E-state index contributed by atoms with van der Waals surface area (Å²) in [5, 5.41) is 4.87. The molecular weight excluding hydrogens is 860 g/mol. The maximum Gasteiger partial charge on any atom is 2.00 e. The van der Waals surface area contributed by atoms with E-state index in [1.165, 1.54) is 50.1 Å². The second-order valence-electron chi connectivity index (χ2n) is 14.7. The van der Waals surface area contributed by atoms with Gasteiger partial charge in [-0.05, 0) is 101 Å². The van der Waals surface area contributed by atoms with E-state index in [0.29, 0.717) is 40.8 Å².